The summed E-state index contributed by atoms with van der Waals surface area (Å²) in [5.41, 5.74) is 4.42. The number of fused-ring (bicyclic) bond motifs is 2. The van der Waals surface area contributed by atoms with E-state index in [2.05, 4.69) is 10.5 Å². The van der Waals surface area contributed by atoms with E-state index >= 15 is 0 Å². The Morgan fingerprint density at radius 3 is 2.20 bits per heavy atom. The summed E-state index contributed by atoms with van der Waals surface area (Å²) in [4.78, 5) is 38.7. The van der Waals surface area contributed by atoms with Crippen molar-refractivity contribution in [1.82, 2.24) is 14.9 Å². The molecule has 4 rings (SSSR count). The van der Waals surface area contributed by atoms with Crippen molar-refractivity contribution in [2.24, 2.45) is 5.10 Å². The lowest BCUT2D eigenvalue weighted by Crippen LogP contribution is -2.25. The Morgan fingerprint density at radius 2 is 1.60 bits per heavy atom. The van der Waals surface area contributed by atoms with E-state index in [0.29, 0.717) is 33.1 Å². The molecular weight excluding hydrogens is 448 g/mol. The first-order valence-electron chi connectivity index (χ1n) is 10.8. The molecule has 9 nitrogen and oxygen atoms in total. The molecule has 9 heteroatoms. The fourth-order valence-corrected chi connectivity index (χ4v) is 3.64. The number of benzene rings is 3. The van der Waals surface area contributed by atoms with Crippen LogP contribution in [0.15, 0.2) is 76.6 Å². The second-order valence-corrected chi connectivity index (χ2v) is 7.92. The average Bonchev–Trinajstić information content (AvgIpc) is 2.87. The normalized spacial score (nSPS) is 11.1. The van der Waals surface area contributed by atoms with Gasteiger partial charge >= 0.3 is 6.09 Å². The minimum Gasteiger partial charge on any atom is -0.493 e. The molecule has 0 saturated heterocycles. The number of ether oxygens (including phenoxy) is 2. The summed E-state index contributed by atoms with van der Waals surface area (Å²) in [6.45, 7) is -0.0264. The summed E-state index contributed by atoms with van der Waals surface area (Å²) in [5, 5.41) is 5.13. The highest BCUT2D eigenvalue weighted by Gasteiger charge is 2.13. The molecule has 1 aromatic heterocycles. The van der Waals surface area contributed by atoms with Gasteiger partial charge in [0, 0.05) is 24.9 Å². The van der Waals surface area contributed by atoms with Crippen LogP contribution in [0, 0.1) is 0 Å². The number of para-hydroxylation sites is 2. The van der Waals surface area contributed by atoms with Crippen molar-refractivity contribution in [2.45, 2.75) is 6.54 Å². The third-order valence-electron chi connectivity index (χ3n) is 5.33. The van der Waals surface area contributed by atoms with Crippen LogP contribution in [-0.2, 0) is 11.3 Å². The Morgan fingerprint density at radius 1 is 0.971 bits per heavy atom. The summed E-state index contributed by atoms with van der Waals surface area (Å²) < 4.78 is 12.4. The molecule has 0 bridgehead atoms. The third-order valence-corrected chi connectivity index (χ3v) is 5.33. The maximum absolute atomic E-state index is 12.8. The van der Waals surface area contributed by atoms with Crippen molar-refractivity contribution in [1.29, 1.82) is 0 Å². The molecule has 0 aliphatic carbocycles. The van der Waals surface area contributed by atoms with Gasteiger partial charge in [0.1, 0.15) is 6.54 Å². The maximum Gasteiger partial charge on any atom is 0.414 e. The number of carbonyl (C=O) groups excluding carboxylic acids is 2. The highest BCUT2D eigenvalue weighted by atomic mass is 16.6. The van der Waals surface area contributed by atoms with Crippen LogP contribution in [0.4, 0.5) is 4.79 Å². The monoisotopic (exact) mass is 472 g/mol. The number of hydrogen-bond donors (Lipinski definition) is 1. The van der Waals surface area contributed by atoms with E-state index in [1.165, 1.54) is 18.2 Å². The van der Waals surface area contributed by atoms with Crippen molar-refractivity contribution in [3.8, 4) is 11.5 Å². The van der Waals surface area contributed by atoms with Gasteiger partial charge < -0.3 is 18.9 Å². The Balaban J connectivity index is 1.53. The molecule has 0 fully saturated rings. The fourth-order valence-electron chi connectivity index (χ4n) is 3.64. The highest BCUT2D eigenvalue weighted by Crippen LogP contribution is 2.28. The van der Waals surface area contributed by atoms with Crippen molar-refractivity contribution in [3.63, 3.8) is 0 Å². The van der Waals surface area contributed by atoms with Crippen molar-refractivity contribution >= 4 is 40.0 Å². The minimum absolute atomic E-state index is 0.0264. The second-order valence-electron chi connectivity index (χ2n) is 7.92. The van der Waals surface area contributed by atoms with Crippen molar-refractivity contribution < 1.29 is 19.1 Å². The Labute approximate surface area is 201 Å². The number of hydrazone groups is 1. The van der Waals surface area contributed by atoms with E-state index < -0.39 is 6.09 Å². The minimum atomic E-state index is -0.528. The van der Waals surface area contributed by atoms with Crippen LogP contribution in [0.5, 0.6) is 11.5 Å². The number of nitrogens with zero attached hydrogens (tertiary/aromatic N) is 3. The smallest absolute Gasteiger partial charge is 0.414 e. The van der Waals surface area contributed by atoms with E-state index in [9.17, 15) is 14.4 Å². The van der Waals surface area contributed by atoms with Gasteiger partial charge in [0.25, 0.3) is 5.91 Å². The molecule has 35 heavy (non-hydrogen) atoms. The van der Waals surface area contributed by atoms with Gasteiger partial charge in [-0.15, -0.1) is 0 Å². The molecule has 0 saturated carbocycles. The van der Waals surface area contributed by atoms with Crippen LogP contribution < -0.4 is 20.3 Å². The molecule has 3 aromatic carbocycles. The maximum atomic E-state index is 12.8. The largest absolute Gasteiger partial charge is 0.493 e. The zero-order chi connectivity index (χ0) is 24.9. The molecule has 0 unspecified atom stereocenters. The lowest BCUT2D eigenvalue weighted by atomic mass is 10.1. The quantitative estimate of drug-likeness (QED) is 0.263. The number of pyridine rings is 1. The predicted molar refractivity (Wildman–Crippen MR) is 134 cm³/mol. The summed E-state index contributed by atoms with van der Waals surface area (Å²) in [6.07, 6.45) is 0.930. The number of methoxy groups -OCH3 is 1. The van der Waals surface area contributed by atoms with Crippen LogP contribution in [0.2, 0.25) is 0 Å². The Hall–Kier alpha value is -4.66. The first kappa shape index (κ1) is 23.5. The van der Waals surface area contributed by atoms with Crippen LogP contribution in [-0.4, -0.2) is 48.9 Å². The summed E-state index contributed by atoms with van der Waals surface area (Å²) in [6, 6.07) is 19.3. The molecule has 1 heterocycles. The Kier molecular flexibility index (Phi) is 6.77. The van der Waals surface area contributed by atoms with Crippen LogP contribution in [0.3, 0.4) is 0 Å². The van der Waals surface area contributed by atoms with Crippen molar-refractivity contribution in [3.05, 3.63) is 82.5 Å². The van der Waals surface area contributed by atoms with Gasteiger partial charge in [-0.25, -0.2) is 10.2 Å². The molecule has 0 spiro atoms. The number of aromatic nitrogens is 1. The number of rotatable bonds is 6. The number of hydrogen-bond acceptors (Lipinski definition) is 6. The number of nitrogens with one attached hydrogen (secondary N) is 1. The van der Waals surface area contributed by atoms with Gasteiger partial charge in [0.2, 0.25) is 0 Å². The molecule has 0 atom stereocenters. The van der Waals surface area contributed by atoms with Gasteiger partial charge in [0.15, 0.2) is 16.9 Å². The first-order chi connectivity index (χ1) is 16.9. The topological polar surface area (TPSA) is 102 Å². The van der Waals surface area contributed by atoms with Crippen LogP contribution in [0.25, 0.3) is 21.8 Å². The zero-order valence-corrected chi connectivity index (χ0v) is 19.5. The van der Waals surface area contributed by atoms with Crippen LogP contribution >= 0.6 is 0 Å². The van der Waals surface area contributed by atoms with Gasteiger partial charge in [-0.05, 0) is 48.0 Å². The van der Waals surface area contributed by atoms with Gasteiger partial charge in [-0.3, -0.25) is 9.59 Å². The molecular formula is C26H24N4O5. The second kappa shape index (κ2) is 10.1. The third kappa shape index (κ3) is 4.98. The standard InChI is InChI=1S/C26H24N4O5/c1-29(2)26(33)35-22-13-12-17(14-23(22)34-3)15-27-28-24(31)16-30-20-10-6-4-8-18(20)25(32)19-9-5-7-11-21(19)30/h4-15H,16H2,1-3H3,(H,28,31)/b27-15+. The van der Waals surface area contributed by atoms with E-state index in [1.807, 2.05) is 24.3 Å². The van der Waals surface area contributed by atoms with Crippen LogP contribution in [0.1, 0.15) is 5.56 Å². The van der Waals surface area contributed by atoms with E-state index in [1.54, 1.807) is 61.1 Å². The number of amides is 2. The lowest BCUT2D eigenvalue weighted by Gasteiger charge is -2.14. The van der Waals surface area contributed by atoms with Gasteiger partial charge in [-0.2, -0.15) is 5.10 Å². The SMILES string of the molecule is COc1cc(/C=N/NC(=O)Cn2c3ccccc3c(=O)c3ccccc32)ccc1OC(=O)N(C)C. The average molecular weight is 473 g/mol. The highest BCUT2D eigenvalue weighted by molar-refractivity contribution is 5.95. The van der Waals surface area contributed by atoms with E-state index in [0.717, 1.165) is 0 Å². The summed E-state index contributed by atoms with van der Waals surface area (Å²) >= 11 is 0. The predicted octanol–water partition coefficient (Wildman–Crippen LogP) is 3.37. The van der Waals surface area contributed by atoms with E-state index in [-0.39, 0.29) is 23.6 Å². The molecule has 2 amide bonds. The Bertz CT molecular complexity index is 1450. The molecule has 178 valence electrons. The zero-order valence-electron chi connectivity index (χ0n) is 19.5. The summed E-state index contributed by atoms with van der Waals surface area (Å²) in [5.74, 6) is 0.259. The van der Waals surface area contributed by atoms with E-state index in [4.69, 9.17) is 9.47 Å². The van der Waals surface area contributed by atoms with Gasteiger partial charge in [-0.1, -0.05) is 24.3 Å². The molecule has 1 N–H and O–H groups in total. The lowest BCUT2D eigenvalue weighted by molar-refractivity contribution is -0.121. The molecule has 0 aliphatic heterocycles. The molecule has 0 radical (unpaired) electrons. The molecule has 4 aromatic rings. The van der Waals surface area contributed by atoms with Crippen molar-refractivity contribution in [2.75, 3.05) is 21.2 Å². The van der Waals surface area contributed by atoms with Gasteiger partial charge in [0.05, 0.1) is 24.4 Å². The fraction of sp³-hybridized carbons (Fsp3) is 0.154. The number of carbonyl (C=O) groups is 2. The molecule has 0 aliphatic rings. The first-order valence-corrected chi connectivity index (χ1v) is 10.8. The summed E-state index contributed by atoms with van der Waals surface area (Å²) in [7, 11) is 4.62.